The largest absolute Gasteiger partial charge is 0.356 e. The number of rotatable bonds is 7. The van der Waals surface area contributed by atoms with Gasteiger partial charge in [-0.3, -0.25) is 9.78 Å². The number of nitrogens with zero attached hydrogens (tertiary/aromatic N) is 4. The average Bonchev–Trinajstić information content (AvgIpc) is 3.31. The Bertz CT molecular complexity index is 903. The summed E-state index contributed by atoms with van der Waals surface area (Å²) in [5, 5.41) is 3.18. The van der Waals surface area contributed by atoms with Gasteiger partial charge in [0.2, 0.25) is 11.9 Å². The third-order valence-electron chi connectivity index (χ3n) is 6.58. The maximum absolute atomic E-state index is 12.3. The molecule has 6 heteroatoms. The summed E-state index contributed by atoms with van der Waals surface area (Å²) in [6.45, 7) is 0.798. The maximum atomic E-state index is 12.3. The first-order valence-corrected chi connectivity index (χ1v) is 11.5. The lowest BCUT2D eigenvalue weighted by atomic mass is 9.79. The minimum Gasteiger partial charge on any atom is -0.356 e. The second-order valence-electron chi connectivity index (χ2n) is 9.09. The molecule has 2 aliphatic rings. The molecule has 1 amide bonds. The summed E-state index contributed by atoms with van der Waals surface area (Å²) in [6, 6.07) is 4.05. The van der Waals surface area contributed by atoms with Crippen LogP contribution in [0.2, 0.25) is 0 Å². The normalized spacial score (nSPS) is 23.0. The fourth-order valence-corrected chi connectivity index (χ4v) is 4.74. The molecule has 2 aromatic heterocycles. The first kappa shape index (κ1) is 21.5. The smallest absolute Gasteiger partial charge is 0.225 e. The fourth-order valence-electron chi connectivity index (χ4n) is 4.74. The molecule has 0 bridgehead atoms. The van der Waals surface area contributed by atoms with Crippen LogP contribution in [-0.2, 0) is 4.79 Å². The molecule has 1 N–H and O–H groups in total. The highest BCUT2D eigenvalue weighted by atomic mass is 16.1. The van der Waals surface area contributed by atoms with Crippen LogP contribution in [0.4, 0.5) is 5.95 Å². The Kier molecular flexibility index (Phi) is 6.95. The van der Waals surface area contributed by atoms with Crippen molar-refractivity contribution in [3.05, 3.63) is 48.6 Å². The summed E-state index contributed by atoms with van der Waals surface area (Å²) in [5.41, 5.74) is 3.36. The van der Waals surface area contributed by atoms with Crippen LogP contribution < -0.4 is 10.2 Å². The summed E-state index contributed by atoms with van der Waals surface area (Å²) >= 11 is 0. The Labute approximate surface area is 185 Å². The van der Waals surface area contributed by atoms with Gasteiger partial charge in [-0.1, -0.05) is 12.2 Å². The van der Waals surface area contributed by atoms with E-state index in [1.165, 1.54) is 0 Å². The van der Waals surface area contributed by atoms with Gasteiger partial charge >= 0.3 is 0 Å². The summed E-state index contributed by atoms with van der Waals surface area (Å²) in [5.74, 6) is 2.36. The fraction of sp³-hybridized carbons (Fsp3) is 0.520. The van der Waals surface area contributed by atoms with Crippen molar-refractivity contribution >= 4 is 11.9 Å². The van der Waals surface area contributed by atoms with Crippen LogP contribution in [0.5, 0.6) is 0 Å². The number of aromatic nitrogens is 3. The van der Waals surface area contributed by atoms with Gasteiger partial charge in [0.1, 0.15) is 0 Å². The van der Waals surface area contributed by atoms with Gasteiger partial charge in [0.25, 0.3) is 0 Å². The number of carbonyl (C=O) groups is 1. The van der Waals surface area contributed by atoms with Crippen molar-refractivity contribution in [2.24, 2.45) is 11.8 Å². The third kappa shape index (κ3) is 5.49. The molecule has 0 spiro atoms. The summed E-state index contributed by atoms with van der Waals surface area (Å²) in [6.07, 6.45) is 17.3. The van der Waals surface area contributed by atoms with Gasteiger partial charge < -0.3 is 10.2 Å². The van der Waals surface area contributed by atoms with Gasteiger partial charge in [0.15, 0.2) is 0 Å². The number of hydrogen-bond acceptors (Lipinski definition) is 5. The van der Waals surface area contributed by atoms with Crippen molar-refractivity contribution in [3.63, 3.8) is 0 Å². The van der Waals surface area contributed by atoms with Crippen LogP contribution in [0.3, 0.4) is 0 Å². The van der Waals surface area contributed by atoms with E-state index in [2.05, 4.69) is 27.4 Å². The molecule has 1 saturated carbocycles. The molecule has 0 saturated heterocycles. The van der Waals surface area contributed by atoms with Gasteiger partial charge in [-0.15, -0.1) is 0 Å². The number of anilines is 1. The highest BCUT2D eigenvalue weighted by Gasteiger charge is 2.27. The Hall–Kier alpha value is -2.76. The number of carbonyl (C=O) groups excluding carboxylic acids is 1. The van der Waals surface area contributed by atoms with E-state index >= 15 is 0 Å². The molecule has 1 fully saturated rings. The molecule has 6 nitrogen and oxygen atoms in total. The van der Waals surface area contributed by atoms with E-state index in [0.717, 1.165) is 67.8 Å². The third-order valence-corrected chi connectivity index (χ3v) is 6.58. The van der Waals surface area contributed by atoms with Crippen LogP contribution in [0.1, 0.15) is 56.6 Å². The number of pyridine rings is 1. The summed E-state index contributed by atoms with van der Waals surface area (Å²) in [4.78, 5) is 27.9. The van der Waals surface area contributed by atoms with Gasteiger partial charge in [0, 0.05) is 57.1 Å². The summed E-state index contributed by atoms with van der Waals surface area (Å²) < 4.78 is 0. The molecule has 2 heterocycles. The van der Waals surface area contributed by atoms with E-state index < -0.39 is 0 Å². The number of nitrogens with one attached hydrogen (secondary N) is 1. The standard InChI is InChI=1S/C25H33N5O/c1-30(2)25-28-17-22(20-11-13-26-14-12-20)24(29-25)21-9-7-19(8-10-21)16-27-23(31)15-18-5-3-4-6-18/h3,5,11-14,17-19,21H,4,6-10,15-16H2,1-2H3,(H,27,31). The van der Waals surface area contributed by atoms with Gasteiger partial charge in [-0.2, -0.15) is 0 Å². The quantitative estimate of drug-likeness (QED) is 0.676. The zero-order valence-electron chi connectivity index (χ0n) is 18.6. The SMILES string of the molecule is CN(C)c1ncc(-c2ccncc2)c(C2CCC(CNC(=O)CC3C=CCC3)CC2)n1. The van der Waals surface area contributed by atoms with Gasteiger partial charge in [-0.05, 0) is 68.1 Å². The van der Waals surface area contributed by atoms with Gasteiger partial charge in [0.05, 0.1) is 5.69 Å². The molecule has 2 aliphatic carbocycles. The van der Waals surface area contributed by atoms with Gasteiger partial charge in [-0.25, -0.2) is 9.97 Å². The van der Waals surface area contributed by atoms with E-state index in [1.807, 2.05) is 49.7 Å². The number of amides is 1. The number of allylic oxidation sites excluding steroid dienone is 2. The molecule has 0 aromatic carbocycles. The van der Waals surface area contributed by atoms with Crippen LogP contribution in [0, 0.1) is 11.8 Å². The molecule has 0 radical (unpaired) electrons. The molecule has 1 atom stereocenters. The first-order chi connectivity index (χ1) is 15.1. The van der Waals surface area contributed by atoms with Crippen molar-refractivity contribution in [2.75, 3.05) is 25.5 Å². The van der Waals surface area contributed by atoms with Crippen molar-refractivity contribution < 1.29 is 4.79 Å². The van der Waals surface area contributed by atoms with E-state index in [0.29, 0.717) is 24.2 Å². The lowest BCUT2D eigenvalue weighted by Crippen LogP contribution is -2.32. The minimum absolute atomic E-state index is 0.199. The second-order valence-corrected chi connectivity index (χ2v) is 9.09. The molecule has 1 unspecified atom stereocenters. The van der Waals surface area contributed by atoms with Crippen LogP contribution in [0.25, 0.3) is 11.1 Å². The van der Waals surface area contributed by atoms with E-state index in [-0.39, 0.29) is 5.91 Å². The Morgan fingerprint density at radius 1 is 1.13 bits per heavy atom. The van der Waals surface area contributed by atoms with Crippen molar-refractivity contribution in [3.8, 4) is 11.1 Å². The monoisotopic (exact) mass is 419 g/mol. The molecule has 31 heavy (non-hydrogen) atoms. The predicted molar refractivity (Wildman–Crippen MR) is 124 cm³/mol. The first-order valence-electron chi connectivity index (χ1n) is 11.5. The molecular weight excluding hydrogens is 386 g/mol. The maximum Gasteiger partial charge on any atom is 0.225 e. The summed E-state index contributed by atoms with van der Waals surface area (Å²) in [7, 11) is 3.96. The van der Waals surface area contributed by atoms with Crippen LogP contribution in [-0.4, -0.2) is 41.5 Å². The van der Waals surface area contributed by atoms with Crippen molar-refractivity contribution in [1.82, 2.24) is 20.3 Å². The highest BCUT2D eigenvalue weighted by Crippen LogP contribution is 2.39. The molecule has 4 rings (SSSR count). The zero-order valence-corrected chi connectivity index (χ0v) is 18.6. The highest BCUT2D eigenvalue weighted by molar-refractivity contribution is 5.76. The lowest BCUT2D eigenvalue weighted by molar-refractivity contribution is -0.121. The molecule has 0 aliphatic heterocycles. The van der Waals surface area contributed by atoms with Crippen LogP contribution >= 0.6 is 0 Å². The Morgan fingerprint density at radius 2 is 1.90 bits per heavy atom. The molecular formula is C25H33N5O. The molecule has 164 valence electrons. The lowest BCUT2D eigenvalue weighted by Gasteiger charge is -2.30. The van der Waals surface area contributed by atoms with Crippen LogP contribution in [0.15, 0.2) is 42.9 Å². The average molecular weight is 420 g/mol. The number of hydrogen-bond donors (Lipinski definition) is 1. The topological polar surface area (TPSA) is 71.0 Å². The van der Waals surface area contributed by atoms with E-state index in [1.54, 1.807) is 0 Å². The van der Waals surface area contributed by atoms with Crippen molar-refractivity contribution in [2.45, 2.75) is 50.9 Å². The predicted octanol–water partition coefficient (Wildman–Crippen LogP) is 4.35. The van der Waals surface area contributed by atoms with E-state index in [9.17, 15) is 4.79 Å². The Morgan fingerprint density at radius 3 is 2.58 bits per heavy atom. The van der Waals surface area contributed by atoms with Crippen molar-refractivity contribution in [1.29, 1.82) is 0 Å². The zero-order chi connectivity index (χ0) is 21.6. The minimum atomic E-state index is 0.199. The molecule has 2 aromatic rings. The Balaban J connectivity index is 1.38. The second kappa shape index (κ2) is 10.0. The van der Waals surface area contributed by atoms with E-state index in [4.69, 9.17) is 4.98 Å².